The average molecular weight is 867 g/mol. The van der Waals surface area contributed by atoms with Crippen LogP contribution in [0, 0.1) is 21.7 Å². The van der Waals surface area contributed by atoms with Crippen molar-refractivity contribution in [1.82, 2.24) is 0 Å². The van der Waals surface area contributed by atoms with Crippen LogP contribution in [0.3, 0.4) is 0 Å². The zero-order chi connectivity index (χ0) is 49.2. The zero-order valence-corrected chi connectivity index (χ0v) is 44.3. The SMILES string of the molecule is CC(C)(C)C1=CC(=C2C(=C3C=C(C(C)(C)C)C(=O)C(C(C)(C)C)=C3)C(c3cc(C(C)(C)C)c(O)c(C(C)(C)C)c3)=C2c2cc(C(C)(C)C)c(O)c(C(C)(C)C)c2)C=C(C(C)(C)C)C1=O. The molecule has 4 nitrogen and oxygen atoms in total. The molecule has 0 atom stereocenters. The molecular formula is C60H82O4. The van der Waals surface area contributed by atoms with Crippen LogP contribution in [0.2, 0.25) is 0 Å². The van der Waals surface area contributed by atoms with Gasteiger partial charge >= 0.3 is 0 Å². The number of rotatable bonds is 2. The van der Waals surface area contributed by atoms with E-state index < -0.39 is 43.3 Å². The highest BCUT2D eigenvalue weighted by molar-refractivity contribution is 6.22. The summed E-state index contributed by atoms with van der Waals surface area (Å²) in [6.07, 6.45) is 8.48. The van der Waals surface area contributed by atoms with Crippen LogP contribution in [0.15, 0.2) is 93.2 Å². The molecule has 2 N–H and O–H groups in total. The Bertz CT molecular complexity index is 2230. The first-order valence-electron chi connectivity index (χ1n) is 23.5. The number of phenolic OH excluding ortho intramolecular Hbond substituents is 2. The number of Topliss-reactive ketones (excluding diaryl/α,β-unsaturated/α-hetero) is 2. The van der Waals surface area contributed by atoms with Crippen molar-refractivity contribution in [3.05, 3.63) is 127 Å². The topological polar surface area (TPSA) is 74.6 Å². The molecule has 0 heterocycles. The minimum Gasteiger partial charge on any atom is -0.507 e. The van der Waals surface area contributed by atoms with E-state index in [9.17, 15) is 19.8 Å². The van der Waals surface area contributed by atoms with Crippen LogP contribution in [0.5, 0.6) is 11.5 Å². The summed E-state index contributed by atoms with van der Waals surface area (Å²) < 4.78 is 0. The summed E-state index contributed by atoms with van der Waals surface area (Å²) in [6.45, 7) is 51.1. The van der Waals surface area contributed by atoms with Gasteiger partial charge in [0.1, 0.15) is 11.5 Å². The fourth-order valence-corrected chi connectivity index (χ4v) is 9.21. The second kappa shape index (κ2) is 15.6. The molecule has 346 valence electrons. The van der Waals surface area contributed by atoms with Crippen molar-refractivity contribution in [1.29, 1.82) is 0 Å². The van der Waals surface area contributed by atoms with Crippen molar-refractivity contribution in [2.45, 2.75) is 188 Å². The molecule has 2 aromatic rings. The van der Waals surface area contributed by atoms with Gasteiger partial charge in [0.25, 0.3) is 0 Å². The number of allylic oxidation sites excluding steroid dienone is 14. The molecule has 5 rings (SSSR count). The molecule has 0 aliphatic heterocycles. The van der Waals surface area contributed by atoms with E-state index in [0.29, 0.717) is 11.5 Å². The fraction of sp³-hybridized carbons (Fsp3) is 0.533. The molecule has 0 fully saturated rings. The zero-order valence-electron chi connectivity index (χ0n) is 44.3. The third kappa shape index (κ3) is 9.45. The van der Waals surface area contributed by atoms with Gasteiger partial charge in [0.05, 0.1) is 0 Å². The Kier molecular flexibility index (Phi) is 12.3. The van der Waals surface area contributed by atoms with E-state index in [1.54, 1.807) is 0 Å². The number of hydrogen-bond acceptors (Lipinski definition) is 4. The quantitative estimate of drug-likeness (QED) is 0.315. The first-order valence-corrected chi connectivity index (χ1v) is 23.5. The van der Waals surface area contributed by atoms with Gasteiger partial charge in [-0.25, -0.2) is 0 Å². The van der Waals surface area contributed by atoms with E-state index in [-0.39, 0.29) is 11.6 Å². The maximum absolute atomic E-state index is 14.6. The first-order chi connectivity index (χ1) is 28.5. The van der Waals surface area contributed by atoms with Crippen LogP contribution in [-0.4, -0.2) is 21.8 Å². The Labute approximate surface area is 388 Å². The molecule has 0 bridgehead atoms. The van der Waals surface area contributed by atoms with Gasteiger partial charge in [0, 0.05) is 44.5 Å². The molecule has 0 unspecified atom stereocenters. The smallest absolute Gasteiger partial charge is 0.186 e. The summed E-state index contributed by atoms with van der Waals surface area (Å²) in [4.78, 5) is 29.2. The summed E-state index contributed by atoms with van der Waals surface area (Å²) >= 11 is 0. The van der Waals surface area contributed by atoms with Crippen molar-refractivity contribution in [2.75, 3.05) is 0 Å². The average Bonchev–Trinajstić information content (AvgIpc) is 3.06. The first kappa shape index (κ1) is 50.6. The van der Waals surface area contributed by atoms with Gasteiger partial charge in [-0.1, -0.05) is 166 Å². The molecule has 0 saturated heterocycles. The van der Waals surface area contributed by atoms with Crippen LogP contribution >= 0.6 is 0 Å². The van der Waals surface area contributed by atoms with E-state index in [0.717, 1.165) is 89.1 Å². The minimum atomic E-state index is -0.454. The van der Waals surface area contributed by atoms with Crippen LogP contribution in [-0.2, 0) is 31.2 Å². The lowest BCUT2D eigenvalue weighted by molar-refractivity contribution is -0.114. The Morgan fingerprint density at radius 2 is 0.484 bits per heavy atom. The number of hydrogen-bond donors (Lipinski definition) is 2. The van der Waals surface area contributed by atoms with Crippen molar-refractivity contribution in [3.63, 3.8) is 0 Å². The van der Waals surface area contributed by atoms with Crippen LogP contribution < -0.4 is 0 Å². The molecule has 0 amide bonds. The largest absolute Gasteiger partial charge is 0.507 e. The molecular weight excluding hydrogens is 785 g/mol. The summed E-state index contributed by atoms with van der Waals surface area (Å²) in [7, 11) is 0. The van der Waals surface area contributed by atoms with Crippen molar-refractivity contribution in [2.24, 2.45) is 21.7 Å². The maximum Gasteiger partial charge on any atom is 0.186 e. The number of carbonyl (C=O) groups excluding carboxylic acids is 2. The highest BCUT2D eigenvalue weighted by atomic mass is 16.3. The van der Waals surface area contributed by atoms with Gasteiger partial charge in [0.2, 0.25) is 0 Å². The monoisotopic (exact) mass is 867 g/mol. The van der Waals surface area contributed by atoms with Gasteiger partial charge in [-0.15, -0.1) is 0 Å². The normalized spacial score (nSPS) is 17.8. The Morgan fingerprint density at radius 1 is 0.297 bits per heavy atom. The van der Waals surface area contributed by atoms with Gasteiger partial charge in [-0.2, -0.15) is 0 Å². The third-order valence-corrected chi connectivity index (χ3v) is 13.0. The molecule has 0 spiro atoms. The standard InChI is InChI=1S/C60H82O4/c1-53(2,3)37-25-33(26-38(49(37)61)54(4,5)6)45-46(34-27-39(55(7,8)9)50(62)40(28-34)56(10,11)12)48(36-31-43(59(19,20)21)52(64)44(32-36)60(22,23)24)47(45)35-29-41(57(13,14)15)51(63)42(30-35)58(16,17)18/h25-32,61-62H,1-24H3. The predicted octanol–water partition coefficient (Wildman–Crippen LogP) is 15.9. The van der Waals surface area contributed by atoms with Crippen LogP contribution in [0.1, 0.15) is 200 Å². The molecule has 0 aromatic heterocycles. The predicted molar refractivity (Wildman–Crippen MR) is 272 cm³/mol. The Hall–Kier alpha value is -4.44. The van der Waals surface area contributed by atoms with Gasteiger partial charge in [0.15, 0.2) is 11.6 Å². The maximum atomic E-state index is 14.6. The molecule has 3 aliphatic rings. The van der Waals surface area contributed by atoms with Crippen molar-refractivity contribution < 1.29 is 19.8 Å². The van der Waals surface area contributed by atoms with E-state index in [4.69, 9.17) is 0 Å². The molecule has 4 heteroatoms. The van der Waals surface area contributed by atoms with Gasteiger partial charge < -0.3 is 10.2 Å². The lowest BCUT2D eigenvalue weighted by Gasteiger charge is -2.40. The van der Waals surface area contributed by atoms with Crippen molar-refractivity contribution >= 4 is 22.7 Å². The van der Waals surface area contributed by atoms with Gasteiger partial charge in [-0.05, 0) is 136 Å². The number of benzene rings is 2. The Morgan fingerprint density at radius 3 is 0.641 bits per heavy atom. The number of carbonyl (C=O) groups is 2. The molecule has 0 saturated carbocycles. The molecule has 0 radical (unpaired) electrons. The van der Waals surface area contributed by atoms with Crippen LogP contribution in [0.4, 0.5) is 0 Å². The third-order valence-electron chi connectivity index (χ3n) is 13.0. The second-order valence-corrected chi connectivity index (χ2v) is 27.1. The highest BCUT2D eigenvalue weighted by Crippen LogP contribution is 2.59. The summed E-state index contributed by atoms with van der Waals surface area (Å²) in [5.74, 6) is 0.744. The van der Waals surface area contributed by atoms with E-state index in [1.807, 2.05) is 0 Å². The van der Waals surface area contributed by atoms with Crippen molar-refractivity contribution in [3.8, 4) is 11.5 Å². The summed E-state index contributed by atoms with van der Waals surface area (Å²) in [5, 5.41) is 24.3. The van der Waals surface area contributed by atoms with E-state index in [2.05, 4.69) is 215 Å². The van der Waals surface area contributed by atoms with E-state index in [1.165, 1.54) is 0 Å². The molecule has 64 heavy (non-hydrogen) atoms. The molecule has 2 aromatic carbocycles. The van der Waals surface area contributed by atoms with Gasteiger partial charge in [-0.3, -0.25) is 9.59 Å². The fourth-order valence-electron chi connectivity index (χ4n) is 9.21. The van der Waals surface area contributed by atoms with Crippen LogP contribution in [0.25, 0.3) is 11.1 Å². The lowest BCUT2D eigenvalue weighted by atomic mass is 9.62. The number of aromatic hydroxyl groups is 2. The minimum absolute atomic E-state index is 0.0644. The molecule has 3 aliphatic carbocycles. The lowest BCUT2D eigenvalue weighted by Crippen LogP contribution is -2.30. The van der Waals surface area contributed by atoms with E-state index >= 15 is 0 Å². The number of phenols is 2. The highest BCUT2D eigenvalue weighted by Gasteiger charge is 2.43. The summed E-state index contributed by atoms with van der Waals surface area (Å²) in [6, 6.07) is 8.69. The second-order valence-electron chi connectivity index (χ2n) is 27.1. The Balaban J connectivity index is 2.28. The summed E-state index contributed by atoms with van der Waals surface area (Å²) in [5.41, 5.74) is 10.9. The number of ketones is 2.